The fraction of sp³-hybridized carbons (Fsp3) is 0.688. The fourth-order valence-electron chi connectivity index (χ4n) is 3.62. The molecular weight excluding hydrogens is 280 g/mol. The molecule has 0 spiro atoms. The van der Waals surface area contributed by atoms with Crippen molar-refractivity contribution in [3.63, 3.8) is 0 Å². The van der Waals surface area contributed by atoms with Crippen LogP contribution < -0.4 is 5.32 Å². The molecule has 2 rings (SSSR count). The molecule has 0 aliphatic heterocycles. The Labute approximate surface area is 131 Å². The maximum absolute atomic E-state index is 13.0. The molecule has 1 fully saturated rings. The summed E-state index contributed by atoms with van der Waals surface area (Å²) in [4.78, 5) is 34.0. The topological polar surface area (TPSA) is 78.1 Å². The predicted molar refractivity (Wildman–Crippen MR) is 83.7 cm³/mol. The van der Waals surface area contributed by atoms with Gasteiger partial charge in [0.05, 0.1) is 12.0 Å². The molecule has 0 unspecified atom stereocenters. The van der Waals surface area contributed by atoms with Crippen LogP contribution in [0.2, 0.25) is 0 Å². The van der Waals surface area contributed by atoms with E-state index in [4.69, 9.17) is 0 Å². The third-order valence-corrected chi connectivity index (χ3v) is 5.55. The number of carbonyl (C=O) groups is 2. The van der Waals surface area contributed by atoms with E-state index in [9.17, 15) is 9.59 Å². The monoisotopic (exact) mass is 306 g/mol. The SMILES string of the molecule is CNC(=O)[C@@H]1CC[C@](C)(C(=O)N(C)Cc2ncc[nH]2)C1(C)C. The zero-order valence-electron chi connectivity index (χ0n) is 14.1. The molecular formula is C16H26N4O2. The molecule has 6 nitrogen and oxygen atoms in total. The minimum Gasteiger partial charge on any atom is -0.359 e. The van der Waals surface area contributed by atoms with Crippen LogP contribution in [0.15, 0.2) is 12.4 Å². The summed E-state index contributed by atoms with van der Waals surface area (Å²) < 4.78 is 0. The van der Waals surface area contributed by atoms with Crippen LogP contribution in [0.4, 0.5) is 0 Å². The Hall–Kier alpha value is -1.85. The van der Waals surface area contributed by atoms with E-state index >= 15 is 0 Å². The van der Waals surface area contributed by atoms with Crippen molar-refractivity contribution in [3.05, 3.63) is 18.2 Å². The first-order chi connectivity index (χ1) is 10.2. The van der Waals surface area contributed by atoms with Crippen molar-refractivity contribution in [1.82, 2.24) is 20.2 Å². The molecule has 0 aromatic carbocycles. The summed E-state index contributed by atoms with van der Waals surface area (Å²) >= 11 is 0. The lowest BCUT2D eigenvalue weighted by Crippen LogP contribution is -2.49. The van der Waals surface area contributed by atoms with Crippen LogP contribution in [-0.4, -0.2) is 40.8 Å². The second-order valence-electron chi connectivity index (χ2n) is 6.96. The predicted octanol–water partition coefficient (Wildman–Crippen LogP) is 1.56. The van der Waals surface area contributed by atoms with Gasteiger partial charge in [0.15, 0.2) is 0 Å². The molecule has 2 N–H and O–H groups in total. The third kappa shape index (κ3) is 2.51. The lowest BCUT2D eigenvalue weighted by Gasteiger charge is -2.41. The van der Waals surface area contributed by atoms with Gasteiger partial charge < -0.3 is 15.2 Å². The number of rotatable bonds is 4. The summed E-state index contributed by atoms with van der Waals surface area (Å²) in [5.41, 5.74) is -0.937. The smallest absolute Gasteiger partial charge is 0.229 e. The first-order valence-corrected chi connectivity index (χ1v) is 7.69. The second kappa shape index (κ2) is 5.74. The van der Waals surface area contributed by atoms with Gasteiger partial charge >= 0.3 is 0 Å². The minimum absolute atomic E-state index is 0.0233. The van der Waals surface area contributed by atoms with Crippen LogP contribution in [0.5, 0.6) is 0 Å². The number of imidazole rings is 1. The number of aromatic nitrogens is 2. The molecule has 22 heavy (non-hydrogen) atoms. The van der Waals surface area contributed by atoms with Gasteiger partial charge in [0.25, 0.3) is 0 Å². The van der Waals surface area contributed by atoms with Crippen molar-refractivity contribution in [3.8, 4) is 0 Å². The van der Waals surface area contributed by atoms with Crippen molar-refractivity contribution in [2.75, 3.05) is 14.1 Å². The first kappa shape index (κ1) is 16.5. The van der Waals surface area contributed by atoms with E-state index in [1.54, 1.807) is 31.4 Å². The van der Waals surface area contributed by atoms with Gasteiger partial charge in [0.1, 0.15) is 5.82 Å². The molecule has 1 aromatic heterocycles. The molecule has 2 amide bonds. The number of H-pyrrole nitrogens is 1. The third-order valence-electron chi connectivity index (χ3n) is 5.55. The Morgan fingerprint density at radius 1 is 1.45 bits per heavy atom. The van der Waals surface area contributed by atoms with E-state index in [1.807, 2.05) is 20.8 Å². The summed E-state index contributed by atoms with van der Waals surface area (Å²) in [5, 5.41) is 2.73. The van der Waals surface area contributed by atoms with Crippen LogP contribution in [0.25, 0.3) is 0 Å². The van der Waals surface area contributed by atoms with Gasteiger partial charge in [-0.25, -0.2) is 4.98 Å². The van der Waals surface area contributed by atoms with Gasteiger partial charge in [-0.1, -0.05) is 20.8 Å². The summed E-state index contributed by atoms with van der Waals surface area (Å²) in [6.45, 7) is 6.48. The molecule has 1 aromatic rings. The molecule has 0 bridgehead atoms. The lowest BCUT2D eigenvalue weighted by atomic mass is 9.64. The van der Waals surface area contributed by atoms with Crippen LogP contribution in [0.3, 0.4) is 0 Å². The highest BCUT2D eigenvalue weighted by Crippen LogP contribution is 2.56. The molecule has 1 saturated carbocycles. The van der Waals surface area contributed by atoms with Crippen LogP contribution in [0.1, 0.15) is 39.4 Å². The van der Waals surface area contributed by atoms with Gasteiger partial charge in [-0.05, 0) is 18.3 Å². The van der Waals surface area contributed by atoms with Gasteiger partial charge in [-0.3, -0.25) is 9.59 Å². The molecule has 1 heterocycles. The average Bonchev–Trinajstić information content (AvgIpc) is 3.05. The maximum atomic E-state index is 13.0. The number of nitrogens with zero attached hydrogens (tertiary/aromatic N) is 2. The Balaban J connectivity index is 2.19. The highest BCUT2D eigenvalue weighted by Gasteiger charge is 2.58. The first-order valence-electron chi connectivity index (χ1n) is 7.69. The minimum atomic E-state index is -0.550. The van der Waals surface area contributed by atoms with E-state index in [0.717, 1.165) is 18.7 Å². The number of hydrogen-bond acceptors (Lipinski definition) is 3. The zero-order valence-corrected chi connectivity index (χ0v) is 14.1. The van der Waals surface area contributed by atoms with Crippen molar-refractivity contribution in [1.29, 1.82) is 0 Å². The average molecular weight is 306 g/mol. The molecule has 0 saturated heterocycles. The van der Waals surface area contributed by atoms with Gasteiger partial charge in [0, 0.05) is 32.4 Å². The fourth-order valence-corrected chi connectivity index (χ4v) is 3.62. The van der Waals surface area contributed by atoms with E-state index in [0.29, 0.717) is 6.54 Å². The maximum Gasteiger partial charge on any atom is 0.229 e. The van der Waals surface area contributed by atoms with Crippen LogP contribution in [0, 0.1) is 16.7 Å². The molecule has 1 aliphatic rings. The van der Waals surface area contributed by atoms with Gasteiger partial charge in [0.2, 0.25) is 11.8 Å². The number of aromatic amines is 1. The normalized spacial score (nSPS) is 26.7. The van der Waals surface area contributed by atoms with E-state index < -0.39 is 5.41 Å². The van der Waals surface area contributed by atoms with Crippen molar-refractivity contribution in [2.45, 2.75) is 40.2 Å². The summed E-state index contributed by atoms with van der Waals surface area (Å²) in [6.07, 6.45) is 4.88. The lowest BCUT2D eigenvalue weighted by molar-refractivity contribution is -0.148. The van der Waals surface area contributed by atoms with Crippen molar-refractivity contribution < 1.29 is 9.59 Å². The molecule has 1 aliphatic carbocycles. The number of hydrogen-bond donors (Lipinski definition) is 2. The van der Waals surface area contributed by atoms with Crippen LogP contribution >= 0.6 is 0 Å². The van der Waals surface area contributed by atoms with Crippen molar-refractivity contribution >= 4 is 11.8 Å². The van der Waals surface area contributed by atoms with Gasteiger partial charge in [-0.2, -0.15) is 0 Å². The Morgan fingerprint density at radius 2 is 2.14 bits per heavy atom. The standard InChI is InChI=1S/C16H26N4O2/c1-15(2)11(13(21)17-4)6-7-16(15,3)14(22)20(5)10-12-18-8-9-19-12/h8-9,11H,6-7,10H2,1-5H3,(H,17,21)(H,18,19)/t11-,16+/m0/s1. The van der Waals surface area contributed by atoms with Crippen LogP contribution in [-0.2, 0) is 16.1 Å². The van der Waals surface area contributed by atoms with E-state index in [-0.39, 0.29) is 23.1 Å². The quantitative estimate of drug-likeness (QED) is 0.886. The van der Waals surface area contributed by atoms with E-state index in [1.165, 1.54) is 0 Å². The largest absolute Gasteiger partial charge is 0.359 e. The highest BCUT2D eigenvalue weighted by molar-refractivity contribution is 5.87. The number of carbonyl (C=O) groups excluding carboxylic acids is 2. The zero-order chi connectivity index (χ0) is 16.5. The van der Waals surface area contributed by atoms with E-state index in [2.05, 4.69) is 15.3 Å². The molecule has 122 valence electrons. The molecule has 6 heteroatoms. The Morgan fingerprint density at radius 3 is 2.68 bits per heavy atom. The Kier molecular flexibility index (Phi) is 4.31. The Bertz CT molecular complexity index is 553. The molecule has 2 atom stereocenters. The number of amides is 2. The number of nitrogens with one attached hydrogen (secondary N) is 2. The second-order valence-corrected chi connectivity index (χ2v) is 6.96. The molecule has 0 radical (unpaired) electrons. The summed E-state index contributed by atoms with van der Waals surface area (Å²) in [5.74, 6) is 0.720. The van der Waals surface area contributed by atoms with Gasteiger partial charge in [-0.15, -0.1) is 0 Å². The van der Waals surface area contributed by atoms with Crippen molar-refractivity contribution in [2.24, 2.45) is 16.7 Å². The summed E-state index contributed by atoms with van der Waals surface area (Å²) in [7, 11) is 3.44. The summed E-state index contributed by atoms with van der Waals surface area (Å²) in [6, 6.07) is 0. The highest BCUT2D eigenvalue weighted by atomic mass is 16.2.